The van der Waals surface area contributed by atoms with Crippen LogP contribution in [-0.4, -0.2) is 139 Å². The zero-order valence-corrected chi connectivity index (χ0v) is 50.6. The Labute approximate surface area is 516 Å². The average molecular weight is 1270 g/mol. The average Bonchev–Trinajstić information content (AvgIpc) is 1.78. The first-order valence-electron chi connectivity index (χ1n) is 28.5. The molecule has 5 saturated heterocycles. The molecule has 10 heterocycles. The van der Waals surface area contributed by atoms with Crippen LogP contribution in [-0.2, 0) is 37.9 Å². The minimum atomic E-state index is -1.17. The highest BCUT2D eigenvalue weighted by molar-refractivity contribution is 5.89. The Hall–Kier alpha value is -7.43. The van der Waals surface area contributed by atoms with Crippen LogP contribution < -0.4 is 44.6 Å². The largest absolute Gasteiger partial charge is 0.477 e. The number of anilines is 2. The van der Waals surface area contributed by atoms with E-state index >= 15 is 0 Å². The molecule has 5 unspecified atom stereocenters. The van der Waals surface area contributed by atoms with Crippen molar-refractivity contribution in [1.82, 2.24) is 18.3 Å². The molecule has 6 N–H and O–H groups in total. The van der Waals surface area contributed by atoms with Gasteiger partial charge in [0.2, 0.25) is 0 Å². The van der Waals surface area contributed by atoms with E-state index in [2.05, 4.69) is 19.2 Å². The summed E-state index contributed by atoms with van der Waals surface area (Å²) in [6.45, 7) is 13.0. The maximum atomic E-state index is 12.4. The number of carbonyl (C=O) groups excluding carboxylic acids is 3. The minimum absolute atomic E-state index is 0. The lowest BCUT2D eigenvalue weighted by molar-refractivity contribution is 0.0587. The molecular weight excluding hydrogens is 1190 g/mol. The van der Waals surface area contributed by atoms with Crippen molar-refractivity contribution in [3.63, 3.8) is 0 Å². The quantitative estimate of drug-likeness (QED) is 0.126. The van der Waals surface area contributed by atoms with Gasteiger partial charge in [0.05, 0.1) is 92.2 Å². The lowest BCUT2D eigenvalue weighted by atomic mass is 10.2. The molecule has 1 amide bonds. The fourth-order valence-electron chi connectivity index (χ4n) is 12.3. The summed E-state index contributed by atoms with van der Waals surface area (Å²) in [6.07, 6.45) is 7.58. The van der Waals surface area contributed by atoms with Gasteiger partial charge in [0.15, 0.2) is 0 Å². The fraction of sp³-hybridized carbons (Fsp3) is 0.517. The van der Waals surface area contributed by atoms with Crippen molar-refractivity contribution < 1.29 is 66.6 Å². The topological polar surface area (TPSA) is 345 Å². The number of amides is 1. The molecule has 0 radical (unpaired) electrons. The summed E-state index contributed by atoms with van der Waals surface area (Å²) in [5, 5.41) is 11.4. The molecule has 476 valence electrons. The Morgan fingerprint density at radius 1 is 0.511 bits per heavy atom. The van der Waals surface area contributed by atoms with E-state index in [1.54, 1.807) is 88.0 Å². The molecule has 5 aliphatic heterocycles. The zero-order chi connectivity index (χ0) is 61.3. The third kappa shape index (κ3) is 14.5. The SMILES string of the molecule is CC(C)(C)OC(=O)Nc1cccn(C2[C@H]3COC[C@@H]23)c1=O.COC(=O)c1cccn(C2[C@H]3COC[C@@H]23)c1=O.COC(=O)c1cccoc1=O.Cl.Cl.NC1[C@H]2COC[C@@H]12.Nc1cccn(C2[C@H]3COC[C@@H]23)c1=O.O=C(O)c1cccn(C2[C@H]3COC[C@@H]23)c1=O. The zero-order valence-electron chi connectivity index (χ0n) is 48.9. The number of pyridine rings is 4. The van der Waals surface area contributed by atoms with E-state index in [0.717, 1.165) is 38.3 Å². The van der Waals surface area contributed by atoms with Crippen LogP contribution in [0.3, 0.4) is 0 Å². The van der Waals surface area contributed by atoms with E-state index in [1.807, 2.05) is 12.3 Å². The molecular formula is C60H73Cl2N7O19. The third-order valence-electron chi connectivity index (χ3n) is 17.3. The molecule has 0 spiro atoms. The molecule has 5 saturated carbocycles. The van der Waals surface area contributed by atoms with Crippen LogP contribution >= 0.6 is 24.8 Å². The number of rotatable bonds is 8. The molecule has 15 rings (SSSR count). The van der Waals surface area contributed by atoms with Crippen LogP contribution in [0.1, 0.15) is 76.0 Å². The number of methoxy groups -OCH3 is 2. The van der Waals surface area contributed by atoms with Gasteiger partial charge in [-0.2, -0.15) is 0 Å². The first-order valence-corrected chi connectivity index (χ1v) is 28.5. The number of ether oxygens (including phenoxy) is 8. The second-order valence-electron chi connectivity index (χ2n) is 23.7. The number of fused-ring (bicyclic) bond motifs is 5. The number of nitrogens with one attached hydrogen (secondary N) is 1. The van der Waals surface area contributed by atoms with Gasteiger partial charge in [-0.3, -0.25) is 24.5 Å². The van der Waals surface area contributed by atoms with Crippen molar-refractivity contribution >= 4 is 60.2 Å². The van der Waals surface area contributed by atoms with Gasteiger partial charge < -0.3 is 77.2 Å². The maximum absolute atomic E-state index is 12.4. The molecule has 5 aromatic heterocycles. The van der Waals surface area contributed by atoms with Gasteiger partial charge >= 0.3 is 29.6 Å². The normalized spacial score (nSPS) is 29.0. The van der Waals surface area contributed by atoms with Crippen LogP contribution in [0.15, 0.2) is 120 Å². The number of nitrogens with zero attached hydrogens (tertiary/aromatic N) is 4. The number of carbonyl (C=O) groups is 4. The van der Waals surface area contributed by atoms with Crippen molar-refractivity contribution in [2.24, 2.45) is 64.9 Å². The van der Waals surface area contributed by atoms with Gasteiger partial charge in [-0.25, -0.2) is 24.0 Å². The predicted octanol–water partition coefficient (Wildman–Crippen LogP) is 3.94. The first kappa shape index (κ1) is 66.5. The molecule has 28 heteroatoms. The Morgan fingerprint density at radius 2 is 0.864 bits per heavy atom. The molecule has 5 aromatic rings. The summed E-state index contributed by atoms with van der Waals surface area (Å²) >= 11 is 0. The number of hydrogen-bond donors (Lipinski definition) is 4. The standard InChI is InChI=1S/C15H20N2O4.C12H13NO4.C11H11NO4.C10H12N2O2.C7H6O4.C5H9NO.2ClH/c1-15(2,3)21-14(19)16-11-5-4-6-17(13(11)18)12-9-7-20-8-10(9)12;1-16-12(15)7-3-2-4-13(11(7)14)10-8-5-17-6-9(8)10;13-10-6(11(14)15)2-1-3-12(10)9-7-4-16-5-8(7)9;11-8-2-1-3-12(10(8)13)9-6-4-14-5-7(6)9;1-10-6(8)5-3-2-4-11-7(5)9;6-5-3-1-7-2-4(3)5;;/h4-6,9-10,12H,7-8H2,1-3H3,(H,16,19);2-4,8-10H,5-6H2,1H3;1-3,7-9H,4-5H2,(H,14,15);1-3,6-7,9H,4-5,11H2;2-4H,1H3;3-5H,1-2,6H2;2*1H/t9-,10+,12?;8-,9+,10?;7-,8+,9?;6-,7+,9?;;3-,4+,5?;;. The van der Waals surface area contributed by atoms with E-state index in [4.69, 9.17) is 45.0 Å². The molecule has 0 aromatic carbocycles. The number of nitrogen functional groups attached to an aromatic ring is 1. The summed E-state index contributed by atoms with van der Waals surface area (Å²) in [4.78, 5) is 104. The number of esters is 2. The number of aromatic nitrogens is 4. The van der Waals surface area contributed by atoms with Crippen LogP contribution in [0.25, 0.3) is 0 Å². The maximum Gasteiger partial charge on any atom is 0.412 e. The number of halogens is 2. The van der Waals surface area contributed by atoms with Crippen LogP contribution in [0.4, 0.5) is 16.2 Å². The van der Waals surface area contributed by atoms with Gasteiger partial charge in [0.25, 0.3) is 22.2 Å². The summed E-state index contributed by atoms with van der Waals surface area (Å²) in [5.41, 5.74) is 9.39. The van der Waals surface area contributed by atoms with E-state index in [0.29, 0.717) is 105 Å². The number of nitrogens with two attached hydrogens (primary N) is 2. The molecule has 10 aliphatic rings. The van der Waals surface area contributed by atoms with E-state index in [-0.39, 0.29) is 82.0 Å². The van der Waals surface area contributed by atoms with Gasteiger partial charge in [0.1, 0.15) is 28.0 Å². The lowest BCUT2D eigenvalue weighted by Crippen LogP contribution is -2.31. The van der Waals surface area contributed by atoms with Crippen molar-refractivity contribution in [3.8, 4) is 0 Å². The van der Waals surface area contributed by atoms with Crippen LogP contribution in [0.2, 0.25) is 0 Å². The molecule has 0 bridgehead atoms. The van der Waals surface area contributed by atoms with Gasteiger partial charge in [-0.05, 0) is 81.4 Å². The van der Waals surface area contributed by atoms with Crippen LogP contribution in [0, 0.1) is 59.2 Å². The predicted molar refractivity (Wildman–Crippen MR) is 319 cm³/mol. The van der Waals surface area contributed by atoms with Crippen LogP contribution in [0.5, 0.6) is 0 Å². The number of aromatic carboxylic acids is 1. The molecule has 5 aliphatic carbocycles. The molecule has 10 fully saturated rings. The van der Waals surface area contributed by atoms with E-state index in [9.17, 15) is 43.2 Å². The molecule has 15 atom stereocenters. The summed E-state index contributed by atoms with van der Waals surface area (Å²) in [6, 6.07) is 17.2. The van der Waals surface area contributed by atoms with Crippen molar-refractivity contribution in [2.75, 3.05) is 91.3 Å². The monoisotopic (exact) mass is 1270 g/mol. The minimum Gasteiger partial charge on any atom is -0.477 e. The highest BCUT2D eigenvalue weighted by Crippen LogP contribution is 2.56. The number of hydrogen-bond acceptors (Lipinski definition) is 20. The second kappa shape index (κ2) is 27.9. The van der Waals surface area contributed by atoms with Gasteiger partial charge in [-0.1, -0.05) is 0 Å². The van der Waals surface area contributed by atoms with Crippen molar-refractivity contribution in [1.29, 1.82) is 0 Å². The second-order valence-corrected chi connectivity index (χ2v) is 23.7. The highest BCUT2D eigenvalue weighted by atomic mass is 35.5. The molecule has 26 nitrogen and oxygen atoms in total. The van der Waals surface area contributed by atoms with Gasteiger partial charge in [0, 0.05) is 114 Å². The highest BCUT2D eigenvalue weighted by Gasteiger charge is 2.58. The van der Waals surface area contributed by atoms with E-state index in [1.165, 1.54) is 44.7 Å². The molecule has 88 heavy (non-hydrogen) atoms. The third-order valence-corrected chi connectivity index (χ3v) is 17.3. The smallest absolute Gasteiger partial charge is 0.412 e. The van der Waals surface area contributed by atoms with Gasteiger partial charge in [-0.15, -0.1) is 24.8 Å². The Morgan fingerprint density at radius 3 is 1.25 bits per heavy atom. The Balaban J connectivity index is 0.000000139. The lowest BCUT2D eigenvalue weighted by Gasteiger charge is -2.19. The fourth-order valence-corrected chi connectivity index (χ4v) is 12.3. The summed E-state index contributed by atoms with van der Waals surface area (Å²) in [7, 11) is 2.48. The first-order chi connectivity index (χ1) is 41.2. The summed E-state index contributed by atoms with van der Waals surface area (Å²) < 4.78 is 51.4. The van der Waals surface area contributed by atoms with Crippen molar-refractivity contribution in [2.45, 2.75) is 56.6 Å². The van der Waals surface area contributed by atoms with Crippen molar-refractivity contribution in [3.05, 3.63) is 160 Å². The number of carboxylic acids is 1. The number of carboxylic acid groups (broad SMARTS) is 1. The Kier molecular flexibility index (Phi) is 21.1. The Bertz CT molecular complexity index is 3610. The summed E-state index contributed by atoms with van der Waals surface area (Å²) in [5.74, 6) is 2.62. The van der Waals surface area contributed by atoms with E-state index < -0.39 is 40.8 Å².